The van der Waals surface area contributed by atoms with Crippen molar-refractivity contribution in [3.63, 3.8) is 0 Å². The minimum absolute atomic E-state index is 0.0511. The molecular weight excluding hydrogens is 202 g/mol. The van der Waals surface area contributed by atoms with Crippen LogP contribution in [-0.4, -0.2) is 5.16 Å². The number of anilines is 1. The summed E-state index contributed by atoms with van der Waals surface area (Å²) in [4.78, 5) is 0. The van der Waals surface area contributed by atoms with Gasteiger partial charge in [-0.05, 0) is 11.6 Å². The zero-order valence-electron chi connectivity index (χ0n) is 8.42. The lowest BCUT2D eigenvalue weighted by Gasteiger charge is -1.89. The molecule has 1 heterocycles. The summed E-state index contributed by atoms with van der Waals surface area (Å²) in [5, 5.41) is 12.5. The Balaban J connectivity index is 2.28. The largest absolute Gasteiger partial charge is 0.366 e. The van der Waals surface area contributed by atoms with Gasteiger partial charge in [-0.15, -0.1) is 0 Å². The van der Waals surface area contributed by atoms with E-state index in [-0.39, 0.29) is 11.4 Å². The van der Waals surface area contributed by atoms with Crippen molar-refractivity contribution in [3.8, 4) is 6.07 Å². The lowest BCUT2D eigenvalue weighted by Crippen LogP contribution is -1.85. The summed E-state index contributed by atoms with van der Waals surface area (Å²) in [5.74, 6) is 0.0511. The Hall–Kier alpha value is -2.54. The van der Waals surface area contributed by atoms with Gasteiger partial charge < -0.3 is 10.3 Å². The molecule has 0 unspecified atom stereocenters. The second-order valence-corrected chi connectivity index (χ2v) is 3.16. The third kappa shape index (κ3) is 1.93. The molecule has 2 aromatic rings. The van der Waals surface area contributed by atoms with Crippen molar-refractivity contribution >= 4 is 18.0 Å². The van der Waals surface area contributed by atoms with Crippen molar-refractivity contribution in [3.05, 3.63) is 47.2 Å². The highest BCUT2D eigenvalue weighted by Gasteiger charge is 2.09. The molecule has 0 atom stereocenters. The fraction of sp³-hybridized carbons (Fsp3) is 0. The summed E-state index contributed by atoms with van der Waals surface area (Å²) in [6, 6.07) is 11.7. The van der Waals surface area contributed by atoms with Crippen molar-refractivity contribution in [1.82, 2.24) is 5.16 Å². The molecule has 16 heavy (non-hydrogen) atoms. The Bertz CT molecular complexity index is 549. The number of hydrogen-bond donors (Lipinski definition) is 1. The lowest BCUT2D eigenvalue weighted by atomic mass is 10.2. The fourth-order valence-electron chi connectivity index (χ4n) is 1.28. The van der Waals surface area contributed by atoms with Crippen LogP contribution in [0.1, 0.15) is 16.8 Å². The third-order valence-corrected chi connectivity index (χ3v) is 2.09. The highest BCUT2D eigenvalue weighted by Crippen LogP contribution is 2.17. The van der Waals surface area contributed by atoms with Gasteiger partial charge in [0.2, 0.25) is 5.88 Å². The van der Waals surface area contributed by atoms with E-state index >= 15 is 0 Å². The zero-order valence-corrected chi connectivity index (χ0v) is 8.42. The molecule has 0 aliphatic rings. The molecule has 0 saturated carbocycles. The lowest BCUT2D eigenvalue weighted by molar-refractivity contribution is 0.435. The van der Waals surface area contributed by atoms with Crippen molar-refractivity contribution < 1.29 is 4.52 Å². The number of nitrogen functional groups attached to an aromatic ring is 1. The van der Waals surface area contributed by atoms with Gasteiger partial charge in [0.25, 0.3) is 0 Å². The molecule has 2 rings (SSSR count). The number of nitrogens with zero attached hydrogens (tertiary/aromatic N) is 2. The molecule has 78 valence electrons. The second kappa shape index (κ2) is 4.32. The van der Waals surface area contributed by atoms with E-state index in [0.717, 1.165) is 5.56 Å². The van der Waals surface area contributed by atoms with E-state index in [2.05, 4.69) is 5.16 Å². The maximum absolute atomic E-state index is 8.82. The van der Waals surface area contributed by atoms with E-state index in [1.165, 1.54) is 0 Å². The zero-order chi connectivity index (χ0) is 11.4. The van der Waals surface area contributed by atoms with Crippen LogP contribution < -0.4 is 5.73 Å². The summed E-state index contributed by atoms with van der Waals surface area (Å²) < 4.78 is 4.73. The van der Waals surface area contributed by atoms with E-state index in [1.807, 2.05) is 42.5 Å². The SMILES string of the molecule is N#Cc1c(C=Cc2ccccc2)noc1N. The molecule has 0 amide bonds. The van der Waals surface area contributed by atoms with Gasteiger partial charge in [-0.3, -0.25) is 0 Å². The molecule has 0 aliphatic heterocycles. The molecule has 0 fully saturated rings. The van der Waals surface area contributed by atoms with Gasteiger partial charge in [0, 0.05) is 0 Å². The van der Waals surface area contributed by atoms with E-state index in [0.29, 0.717) is 5.69 Å². The van der Waals surface area contributed by atoms with Crippen molar-refractivity contribution in [2.24, 2.45) is 0 Å². The van der Waals surface area contributed by atoms with Gasteiger partial charge in [0.15, 0.2) is 0 Å². The Morgan fingerprint density at radius 2 is 2.00 bits per heavy atom. The number of rotatable bonds is 2. The predicted molar refractivity (Wildman–Crippen MR) is 61.0 cm³/mol. The molecule has 1 aromatic carbocycles. The fourth-order valence-corrected chi connectivity index (χ4v) is 1.28. The summed E-state index contributed by atoms with van der Waals surface area (Å²) in [5.41, 5.74) is 7.18. The van der Waals surface area contributed by atoms with Crippen LogP contribution in [0.3, 0.4) is 0 Å². The molecule has 4 heteroatoms. The van der Waals surface area contributed by atoms with Crippen LogP contribution in [0.2, 0.25) is 0 Å². The molecule has 0 spiro atoms. The maximum Gasteiger partial charge on any atom is 0.240 e. The molecule has 0 radical (unpaired) electrons. The Labute approximate surface area is 92.6 Å². The quantitative estimate of drug-likeness (QED) is 0.826. The first-order chi connectivity index (χ1) is 7.81. The third-order valence-electron chi connectivity index (χ3n) is 2.09. The van der Waals surface area contributed by atoms with Gasteiger partial charge in [-0.1, -0.05) is 41.6 Å². The average molecular weight is 211 g/mol. The highest BCUT2D eigenvalue weighted by molar-refractivity contribution is 5.72. The second-order valence-electron chi connectivity index (χ2n) is 3.16. The van der Waals surface area contributed by atoms with Crippen LogP contribution in [0.4, 0.5) is 5.88 Å². The summed E-state index contributed by atoms with van der Waals surface area (Å²) in [6.45, 7) is 0. The number of hydrogen-bond acceptors (Lipinski definition) is 4. The highest BCUT2D eigenvalue weighted by atomic mass is 16.5. The number of aromatic nitrogens is 1. The van der Waals surface area contributed by atoms with Crippen LogP contribution in [-0.2, 0) is 0 Å². The van der Waals surface area contributed by atoms with E-state index < -0.39 is 0 Å². The van der Waals surface area contributed by atoms with Gasteiger partial charge in [0.05, 0.1) is 0 Å². The smallest absolute Gasteiger partial charge is 0.240 e. The maximum atomic E-state index is 8.82. The van der Waals surface area contributed by atoms with Gasteiger partial charge in [-0.25, -0.2) is 0 Å². The molecule has 1 aromatic heterocycles. The topological polar surface area (TPSA) is 75.8 Å². The summed E-state index contributed by atoms with van der Waals surface area (Å²) >= 11 is 0. The first-order valence-corrected chi connectivity index (χ1v) is 4.69. The van der Waals surface area contributed by atoms with Crippen LogP contribution in [0.25, 0.3) is 12.2 Å². The monoisotopic (exact) mass is 211 g/mol. The molecule has 4 nitrogen and oxygen atoms in total. The summed E-state index contributed by atoms with van der Waals surface area (Å²) in [6.07, 6.45) is 3.55. The first-order valence-electron chi connectivity index (χ1n) is 4.69. The van der Waals surface area contributed by atoms with Crippen LogP contribution in [0, 0.1) is 11.3 Å². The molecule has 0 saturated heterocycles. The molecule has 0 bridgehead atoms. The number of nitriles is 1. The molecule has 2 N–H and O–H groups in total. The van der Waals surface area contributed by atoms with E-state index in [1.54, 1.807) is 6.08 Å². The minimum Gasteiger partial charge on any atom is -0.366 e. The Kier molecular flexibility index (Phi) is 2.70. The predicted octanol–water partition coefficient (Wildman–Crippen LogP) is 2.30. The molecular formula is C12H9N3O. The van der Waals surface area contributed by atoms with Gasteiger partial charge >= 0.3 is 0 Å². The van der Waals surface area contributed by atoms with E-state index in [4.69, 9.17) is 15.5 Å². The average Bonchev–Trinajstić information content (AvgIpc) is 2.68. The summed E-state index contributed by atoms with van der Waals surface area (Å²) in [7, 11) is 0. The van der Waals surface area contributed by atoms with Gasteiger partial charge in [-0.2, -0.15) is 5.26 Å². The number of benzene rings is 1. The molecule has 0 aliphatic carbocycles. The minimum atomic E-state index is 0.0511. The van der Waals surface area contributed by atoms with Crippen molar-refractivity contribution in [2.45, 2.75) is 0 Å². The Morgan fingerprint density at radius 1 is 1.25 bits per heavy atom. The number of nitrogens with two attached hydrogens (primary N) is 1. The van der Waals surface area contributed by atoms with Crippen LogP contribution in [0.5, 0.6) is 0 Å². The Morgan fingerprint density at radius 3 is 2.69 bits per heavy atom. The van der Waals surface area contributed by atoms with Gasteiger partial charge in [0.1, 0.15) is 17.3 Å². The van der Waals surface area contributed by atoms with E-state index in [9.17, 15) is 0 Å². The van der Waals surface area contributed by atoms with Crippen molar-refractivity contribution in [2.75, 3.05) is 5.73 Å². The van der Waals surface area contributed by atoms with Crippen LogP contribution in [0.15, 0.2) is 34.9 Å². The normalized spacial score (nSPS) is 10.4. The van der Waals surface area contributed by atoms with Crippen LogP contribution >= 0.6 is 0 Å². The first kappa shape index (κ1) is 9.99. The standard InChI is InChI=1S/C12H9N3O/c13-8-10-11(15-16-12(10)14)7-6-9-4-2-1-3-5-9/h1-7H,14H2. The van der Waals surface area contributed by atoms with Crippen molar-refractivity contribution in [1.29, 1.82) is 5.26 Å².